The fourth-order valence-electron chi connectivity index (χ4n) is 3.49. The van der Waals surface area contributed by atoms with E-state index in [1.54, 1.807) is 0 Å². The maximum absolute atomic E-state index is 13.7. The number of hydrogen-bond donors (Lipinski definition) is 2. The zero-order valence-corrected chi connectivity index (χ0v) is 17.9. The first-order valence-corrected chi connectivity index (χ1v) is 9.84. The van der Waals surface area contributed by atoms with Gasteiger partial charge in [-0.25, -0.2) is 0 Å². The van der Waals surface area contributed by atoms with Gasteiger partial charge in [-0.3, -0.25) is 14.6 Å². The summed E-state index contributed by atoms with van der Waals surface area (Å²) in [5, 5.41) is 1.99. The number of carbonyl (C=O) groups excluding carboxylic acids is 2. The molecule has 1 aromatic carbocycles. The van der Waals surface area contributed by atoms with Gasteiger partial charge < -0.3 is 20.5 Å². The van der Waals surface area contributed by atoms with E-state index in [0.29, 0.717) is 0 Å². The lowest BCUT2D eigenvalue weighted by molar-refractivity contribution is -0.274. The van der Waals surface area contributed by atoms with E-state index < -0.39 is 54.1 Å². The van der Waals surface area contributed by atoms with E-state index in [0.717, 1.165) is 37.4 Å². The number of nitrogens with zero attached hydrogens (tertiary/aromatic N) is 1. The Hall–Kier alpha value is -3.06. The average molecular weight is 512 g/mol. The third-order valence-corrected chi connectivity index (χ3v) is 5.43. The quantitative estimate of drug-likeness (QED) is 0.573. The van der Waals surface area contributed by atoms with E-state index in [9.17, 15) is 35.9 Å². The van der Waals surface area contributed by atoms with E-state index >= 15 is 0 Å². The molecule has 0 spiro atoms. The fraction of sp³-hybridized carbons (Fsp3) is 0.350. The summed E-state index contributed by atoms with van der Waals surface area (Å²) in [6, 6.07) is 5.08. The Bertz CT molecular complexity index is 1110. The van der Waals surface area contributed by atoms with Crippen molar-refractivity contribution < 1.29 is 45.4 Å². The third kappa shape index (κ3) is 5.53. The van der Waals surface area contributed by atoms with E-state index in [4.69, 9.17) is 22.1 Å². The lowest BCUT2D eigenvalue weighted by Gasteiger charge is -2.27. The van der Waals surface area contributed by atoms with Crippen LogP contribution in [0.25, 0.3) is 0 Å². The second-order valence-electron chi connectivity index (χ2n) is 7.59. The molecule has 3 N–H and O–H groups in total. The number of ether oxygens (including phenoxy) is 2. The van der Waals surface area contributed by atoms with Crippen LogP contribution in [0.3, 0.4) is 0 Å². The standard InChI is InChI=1S/C20H16ClF6N3O4/c1-18(19(22,23)24)8-12(11-3-2-10(7-13(11)21)33-20(25,26)27)15(34-18)17(32)30-9-4-5-29-14(6-9)16(28)31/h2-7,12,15H,8H2,1H3,(H2,28,31)(H,29,30,32)/t12-,15+,18+/m0/s1. The molecule has 2 heterocycles. The number of benzene rings is 1. The van der Waals surface area contributed by atoms with Gasteiger partial charge in [0, 0.05) is 22.8 Å². The van der Waals surface area contributed by atoms with Crippen molar-refractivity contribution in [3.63, 3.8) is 0 Å². The SMILES string of the molecule is C[C@]1(C(F)(F)F)C[C@@H](c2ccc(OC(F)(F)F)cc2Cl)[C@H](C(=O)Nc2ccnc(C(N)=O)c2)O1. The Morgan fingerprint density at radius 2 is 1.88 bits per heavy atom. The number of primary amides is 1. The molecule has 3 atom stereocenters. The van der Waals surface area contributed by atoms with Crippen LogP contribution in [0, 0.1) is 0 Å². The molecular weight excluding hydrogens is 496 g/mol. The van der Waals surface area contributed by atoms with Crippen molar-refractivity contribution in [1.29, 1.82) is 0 Å². The van der Waals surface area contributed by atoms with Crippen LogP contribution in [0.2, 0.25) is 5.02 Å². The Morgan fingerprint density at radius 1 is 1.21 bits per heavy atom. The first-order chi connectivity index (χ1) is 15.6. The number of hydrogen-bond acceptors (Lipinski definition) is 5. The molecule has 14 heteroatoms. The highest BCUT2D eigenvalue weighted by Gasteiger charge is 2.61. The zero-order valence-electron chi connectivity index (χ0n) is 17.1. The van der Waals surface area contributed by atoms with Gasteiger partial charge in [0.15, 0.2) is 5.60 Å². The molecule has 0 radical (unpaired) electrons. The number of nitrogens with two attached hydrogens (primary N) is 1. The van der Waals surface area contributed by atoms with Gasteiger partial charge in [0.25, 0.3) is 11.8 Å². The molecule has 3 rings (SSSR count). The predicted octanol–water partition coefficient (Wildman–Crippen LogP) is 4.56. The van der Waals surface area contributed by atoms with E-state index in [1.165, 1.54) is 6.07 Å². The van der Waals surface area contributed by atoms with Gasteiger partial charge in [0.2, 0.25) is 0 Å². The second-order valence-corrected chi connectivity index (χ2v) is 8.00. The Kier molecular flexibility index (Phi) is 6.73. The largest absolute Gasteiger partial charge is 0.573 e. The predicted molar refractivity (Wildman–Crippen MR) is 106 cm³/mol. The summed E-state index contributed by atoms with van der Waals surface area (Å²) >= 11 is 6.06. The molecular formula is C20H16ClF6N3O4. The van der Waals surface area contributed by atoms with E-state index in [2.05, 4.69) is 15.0 Å². The molecule has 1 aliphatic rings. The van der Waals surface area contributed by atoms with E-state index in [-0.39, 0.29) is 22.0 Å². The highest BCUT2D eigenvalue weighted by atomic mass is 35.5. The van der Waals surface area contributed by atoms with Crippen LogP contribution < -0.4 is 15.8 Å². The average Bonchev–Trinajstić information content (AvgIpc) is 3.06. The first kappa shape index (κ1) is 25.6. The molecule has 2 aromatic rings. The molecule has 34 heavy (non-hydrogen) atoms. The number of rotatable bonds is 5. The molecule has 1 aromatic heterocycles. The Morgan fingerprint density at radius 3 is 2.44 bits per heavy atom. The van der Waals surface area contributed by atoms with Crippen molar-refractivity contribution in [3.8, 4) is 5.75 Å². The highest BCUT2D eigenvalue weighted by Crippen LogP contribution is 2.51. The summed E-state index contributed by atoms with van der Waals surface area (Å²) in [4.78, 5) is 27.9. The first-order valence-electron chi connectivity index (χ1n) is 9.46. The van der Waals surface area contributed by atoms with Crippen molar-refractivity contribution in [3.05, 3.63) is 52.8 Å². The number of carbonyl (C=O) groups is 2. The normalized spacial score (nSPS) is 22.9. The van der Waals surface area contributed by atoms with Gasteiger partial charge >= 0.3 is 12.5 Å². The van der Waals surface area contributed by atoms with Crippen LogP contribution in [0.4, 0.5) is 32.0 Å². The van der Waals surface area contributed by atoms with Crippen molar-refractivity contribution in [2.75, 3.05) is 5.32 Å². The van der Waals surface area contributed by atoms with E-state index in [1.807, 2.05) is 0 Å². The zero-order chi connectivity index (χ0) is 25.5. The number of alkyl halides is 6. The maximum atomic E-state index is 13.7. The molecule has 0 saturated carbocycles. The Labute approximate surface area is 193 Å². The van der Waals surface area contributed by atoms with Gasteiger partial charge in [0.05, 0.1) is 0 Å². The van der Waals surface area contributed by atoms with Crippen molar-refractivity contribution in [1.82, 2.24) is 4.98 Å². The summed E-state index contributed by atoms with van der Waals surface area (Å²) in [5.74, 6) is -3.87. The summed E-state index contributed by atoms with van der Waals surface area (Å²) in [6.07, 6.45) is -11.2. The molecule has 0 bridgehead atoms. The molecule has 1 saturated heterocycles. The second kappa shape index (κ2) is 8.95. The smallest absolute Gasteiger partial charge is 0.406 e. The minimum absolute atomic E-state index is 0.0109. The molecule has 7 nitrogen and oxygen atoms in total. The number of aromatic nitrogens is 1. The third-order valence-electron chi connectivity index (χ3n) is 5.10. The molecule has 1 fully saturated rings. The van der Waals surface area contributed by atoms with Crippen LogP contribution in [-0.2, 0) is 9.53 Å². The van der Waals surface area contributed by atoms with Gasteiger partial charge in [0.1, 0.15) is 17.5 Å². The molecule has 1 aliphatic heterocycles. The number of pyridine rings is 1. The lowest BCUT2D eigenvalue weighted by atomic mass is 9.86. The summed E-state index contributed by atoms with van der Waals surface area (Å²) in [6.45, 7) is 0.750. The minimum atomic E-state index is -5.01. The van der Waals surface area contributed by atoms with Crippen LogP contribution in [0.15, 0.2) is 36.5 Å². The summed E-state index contributed by atoms with van der Waals surface area (Å²) in [5.41, 5.74) is 2.14. The van der Waals surface area contributed by atoms with Crippen LogP contribution in [-0.4, -0.2) is 41.0 Å². The van der Waals surface area contributed by atoms with Gasteiger partial charge in [-0.15, -0.1) is 13.2 Å². The topological polar surface area (TPSA) is 104 Å². The molecule has 0 aliphatic carbocycles. The Balaban J connectivity index is 1.94. The lowest BCUT2D eigenvalue weighted by Crippen LogP contribution is -2.43. The number of anilines is 1. The van der Waals surface area contributed by atoms with Crippen molar-refractivity contribution in [2.24, 2.45) is 5.73 Å². The molecule has 184 valence electrons. The maximum Gasteiger partial charge on any atom is 0.573 e. The monoisotopic (exact) mass is 511 g/mol. The van der Waals surface area contributed by atoms with Gasteiger partial charge in [-0.1, -0.05) is 17.7 Å². The van der Waals surface area contributed by atoms with Crippen LogP contribution in [0.1, 0.15) is 35.3 Å². The van der Waals surface area contributed by atoms with Crippen molar-refractivity contribution in [2.45, 2.75) is 43.5 Å². The van der Waals surface area contributed by atoms with Crippen molar-refractivity contribution >= 4 is 29.1 Å². The van der Waals surface area contributed by atoms with Gasteiger partial charge in [-0.05, 0) is 43.2 Å². The van der Waals surface area contributed by atoms with Crippen LogP contribution in [0.5, 0.6) is 5.75 Å². The summed E-state index contributed by atoms with van der Waals surface area (Å²) < 4.78 is 87.4. The number of halogens is 7. The fourth-order valence-corrected chi connectivity index (χ4v) is 3.80. The highest BCUT2D eigenvalue weighted by molar-refractivity contribution is 6.31. The van der Waals surface area contributed by atoms with Gasteiger partial charge in [-0.2, -0.15) is 13.2 Å². The molecule has 2 amide bonds. The minimum Gasteiger partial charge on any atom is -0.406 e. The number of amides is 2. The summed E-state index contributed by atoms with van der Waals surface area (Å²) in [7, 11) is 0. The van der Waals surface area contributed by atoms with Crippen LogP contribution >= 0.6 is 11.6 Å². The number of nitrogens with one attached hydrogen (secondary N) is 1. The molecule has 0 unspecified atom stereocenters.